The van der Waals surface area contributed by atoms with E-state index in [2.05, 4.69) is 18.9 Å². The lowest BCUT2D eigenvalue weighted by atomic mass is 9.97. The summed E-state index contributed by atoms with van der Waals surface area (Å²) in [5, 5.41) is 0. The third-order valence-electron chi connectivity index (χ3n) is 6.87. The van der Waals surface area contributed by atoms with E-state index in [1.807, 2.05) is 18.2 Å². The second-order valence-electron chi connectivity index (χ2n) is 9.37. The van der Waals surface area contributed by atoms with Gasteiger partial charge in [0.25, 0.3) is 6.29 Å². The lowest BCUT2D eigenvalue weighted by Crippen LogP contribution is -2.50. The molecule has 1 aliphatic heterocycles. The van der Waals surface area contributed by atoms with Crippen LogP contribution in [0.2, 0.25) is 0 Å². The predicted molar refractivity (Wildman–Crippen MR) is 129 cm³/mol. The number of rotatable bonds is 14. The molecule has 1 aromatic carbocycles. The Kier molecular flexibility index (Phi) is 10.1. The molecule has 33 heavy (non-hydrogen) atoms. The van der Waals surface area contributed by atoms with E-state index in [1.54, 1.807) is 4.90 Å². The third-order valence-corrected chi connectivity index (χ3v) is 6.87. The zero-order valence-corrected chi connectivity index (χ0v) is 20.1. The smallest absolute Gasteiger partial charge is 0.414 e. The van der Waals surface area contributed by atoms with Gasteiger partial charge >= 0.3 is 12.1 Å². The number of unbranched alkanes of at least 4 members (excludes halogenated alkanes) is 10. The maximum atomic E-state index is 12.6. The van der Waals surface area contributed by atoms with Crippen LogP contribution in [0.25, 0.3) is 0 Å². The van der Waals surface area contributed by atoms with E-state index in [0.717, 1.165) is 30.4 Å². The fraction of sp³-hybridized carbons (Fsp3) is 0.643. The SMILES string of the molecule is C#CCN1C(=O)OC(OC(=O)CCCCCCCCCCCCC)C2Cc3ccccc3C21. The highest BCUT2D eigenvalue weighted by atomic mass is 16.7. The molecule has 2 aliphatic rings. The summed E-state index contributed by atoms with van der Waals surface area (Å²) in [6.07, 6.45) is 18.7. The van der Waals surface area contributed by atoms with Crippen molar-refractivity contribution in [3.05, 3.63) is 35.4 Å². The van der Waals surface area contributed by atoms with Crippen LogP contribution in [0.15, 0.2) is 24.3 Å². The van der Waals surface area contributed by atoms with Gasteiger partial charge in [0.2, 0.25) is 0 Å². The summed E-state index contributed by atoms with van der Waals surface area (Å²) in [7, 11) is 0. The lowest BCUT2D eigenvalue weighted by molar-refractivity contribution is -0.193. The van der Waals surface area contributed by atoms with Gasteiger partial charge in [-0.25, -0.2) is 4.79 Å². The zero-order chi connectivity index (χ0) is 23.5. The lowest BCUT2D eigenvalue weighted by Gasteiger charge is -2.40. The molecule has 1 saturated heterocycles. The molecule has 1 heterocycles. The molecule has 1 aliphatic carbocycles. The topological polar surface area (TPSA) is 55.8 Å². The Hall–Kier alpha value is -2.48. The van der Waals surface area contributed by atoms with E-state index in [4.69, 9.17) is 15.9 Å². The number of carbonyl (C=O) groups is 2. The maximum absolute atomic E-state index is 12.6. The van der Waals surface area contributed by atoms with Crippen molar-refractivity contribution in [2.24, 2.45) is 5.92 Å². The first-order chi connectivity index (χ1) is 16.2. The van der Waals surface area contributed by atoms with Gasteiger partial charge in [-0.15, -0.1) is 6.42 Å². The van der Waals surface area contributed by atoms with Crippen molar-refractivity contribution >= 4 is 12.1 Å². The summed E-state index contributed by atoms with van der Waals surface area (Å²) in [5.74, 6) is 2.13. The molecule has 0 spiro atoms. The summed E-state index contributed by atoms with van der Waals surface area (Å²) in [6, 6.07) is 7.81. The van der Waals surface area contributed by atoms with Crippen LogP contribution in [-0.2, 0) is 20.7 Å². The summed E-state index contributed by atoms with van der Waals surface area (Å²) >= 11 is 0. The molecule has 0 aromatic heterocycles. The Balaban J connectivity index is 1.39. The number of esters is 1. The zero-order valence-electron chi connectivity index (χ0n) is 20.1. The molecule has 0 radical (unpaired) electrons. The van der Waals surface area contributed by atoms with Gasteiger partial charge in [-0.05, 0) is 24.0 Å². The van der Waals surface area contributed by atoms with Gasteiger partial charge in [0.05, 0.1) is 18.5 Å². The first-order valence-electron chi connectivity index (χ1n) is 12.8. The van der Waals surface area contributed by atoms with Crippen LogP contribution in [0.1, 0.15) is 101 Å². The minimum atomic E-state index is -0.857. The predicted octanol–water partition coefficient (Wildman–Crippen LogP) is 6.56. The van der Waals surface area contributed by atoms with Crippen molar-refractivity contribution < 1.29 is 19.1 Å². The van der Waals surface area contributed by atoms with E-state index in [0.29, 0.717) is 12.8 Å². The van der Waals surface area contributed by atoms with Crippen LogP contribution >= 0.6 is 0 Å². The fourth-order valence-corrected chi connectivity index (χ4v) is 5.11. The minimum absolute atomic E-state index is 0.130. The van der Waals surface area contributed by atoms with Gasteiger partial charge in [0, 0.05) is 6.42 Å². The first-order valence-corrected chi connectivity index (χ1v) is 12.8. The van der Waals surface area contributed by atoms with Gasteiger partial charge in [0.15, 0.2) is 0 Å². The molecule has 1 aromatic rings. The Morgan fingerprint density at radius 1 is 1.06 bits per heavy atom. The van der Waals surface area contributed by atoms with Crippen molar-refractivity contribution in [2.45, 2.75) is 103 Å². The largest absolute Gasteiger partial charge is 0.425 e. The Bertz CT molecular complexity index is 814. The summed E-state index contributed by atoms with van der Waals surface area (Å²) < 4.78 is 11.2. The molecule has 5 nitrogen and oxygen atoms in total. The van der Waals surface area contributed by atoms with Gasteiger partial charge in [0.1, 0.15) is 0 Å². The monoisotopic (exact) mass is 453 g/mol. The van der Waals surface area contributed by atoms with Gasteiger partial charge in [-0.2, -0.15) is 0 Å². The van der Waals surface area contributed by atoms with Gasteiger partial charge < -0.3 is 9.47 Å². The van der Waals surface area contributed by atoms with E-state index in [9.17, 15) is 9.59 Å². The molecular weight excluding hydrogens is 414 g/mol. The second-order valence-corrected chi connectivity index (χ2v) is 9.37. The maximum Gasteiger partial charge on any atom is 0.414 e. The van der Waals surface area contributed by atoms with Gasteiger partial charge in [-0.1, -0.05) is 101 Å². The number of fused-ring (bicyclic) bond motifs is 3. The van der Waals surface area contributed by atoms with Crippen molar-refractivity contribution in [1.82, 2.24) is 4.90 Å². The van der Waals surface area contributed by atoms with E-state index in [1.165, 1.54) is 51.4 Å². The highest BCUT2D eigenvalue weighted by Crippen LogP contribution is 2.46. The van der Waals surface area contributed by atoms with Gasteiger partial charge in [-0.3, -0.25) is 9.69 Å². The molecule has 3 unspecified atom stereocenters. The molecule has 1 fully saturated rings. The number of amides is 1. The average molecular weight is 454 g/mol. The molecule has 3 atom stereocenters. The molecule has 5 heteroatoms. The first kappa shape index (κ1) is 25.1. The quantitative estimate of drug-likeness (QED) is 0.182. The number of benzene rings is 1. The van der Waals surface area contributed by atoms with Crippen LogP contribution in [0.3, 0.4) is 0 Å². The van der Waals surface area contributed by atoms with Crippen LogP contribution in [0, 0.1) is 18.3 Å². The van der Waals surface area contributed by atoms with Crippen molar-refractivity contribution in [3.8, 4) is 12.3 Å². The Morgan fingerprint density at radius 3 is 2.36 bits per heavy atom. The third kappa shape index (κ3) is 7.00. The van der Waals surface area contributed by atoms with E-state index in [-0.39, 0.29) is 24.5 Å². The second kappa shape index (κ2) is 13.3. The van der Waals surface area contributed by atoms with Crippen LogP contribution in [-0.4, -0.2) is 29.8 Å². The number of hydrogen-bond donors (Lipinski definition) is 0. The van der Waals surface area contributed by atoms with Crippen LogP contribution < -0.4 is 0 Å². The van der Waals surface area contributed by atoms with Crippen molar-refractivity contribution in [1.29, 1.82) is 0 Å². The van der Waals surface area contributed by atoms with Crippen molar-refractivity contribution in [3.63, 3.8) is 0 Å². The number of terminal acetylenes is 1. The van der Waals surface area contributed by atoms with Crippen LogP contribution in [0.5, 0.6) is 0 Å². The summed E-state index contributed by atoms with van der Waals surface area (Å²) in [6.45, 7) is 2.42. The number of nitrogens with zero attached hydrogens (tertiary/aromatic N) is 1. The highest BCUT2D eigenvalue weighted by Gasteiger charge is 2.50. The standard InChI is InChI=1S/C28H39NO4/c1-3-5-6-7-8-9-10-11-12-13-14-19-25(30)32-27-24-21-22-17-15-16-18-23(22)26(24)29(20-4-2)28(31)33-27/h2,15-18,24,26-27H,3,5-14,19-21H2,1H3. The van der Waals surface area contributed by atoms with Crippen LogP contribution in [0.4, 0.5) is 4.79 Å². The minimum Gasteiger partial charge on any atom is -0.425 e. The van der Waals surface area contributed by atoms with Crippen molar-refractivity contribution in [2.75, 3.05) is 6.54 Å². The van der Waals surface area contributed by atoms with E-state index < -0.39 is 12.4 Å². The molecular formula is C28H39NO4. The fourth-order valence-electron chi connectivity index (χ4n) is 5.11. The molecule has 180 valence electrons. The average Bonchev–Trinajstić information content (AvgIpc) is 3.20. The Labute approximate surface area is 199 Å². The highest BCUT2D eigenvalue weighted by molar-refractivity contribution is 5.72. The number of cyclic esters (lactones) is 1. The number of hydrogen-bond acceptors (Lipinski definition) is 4. The summed E-state index contributed by atoms with van der Waals surface area (Å²) in [4.78, 5) is 26.7. The molecule has 0 N–H and O–H groups in total. The number of ether oxygens (including phenoxy) is 2. The molecule has 1 amide bonds. The molecule has 3 rings (SSSR count). The molecule has 0 bridgehead atoms. The van der Waals surface area contributed by atoms with E-state index >= 15 is 0 Å². The summed E-state index contributed by atoms with van der Waals surface area (Å²) in [5.41, 5.74) is 2.22. The number of carbonyl (C=O) groups excluding carboxylic acids is 2. The molecule has 0 saturated carbocycles. The normalized spacial score (nSPS) is 21.2. The Morgan fingerprint density at radius 2 is 1.70 bits per heavy atom.